The summed E-state index contributed by atoms with van der Waals surface area (Å²) in [5, 5.41) is 5.20. The first kappa shape index (κ1) is 14.8. The second-order valence-corrected chi connectivity index (χ2v) is 4.91. The molecule has 1 saturated heterocycles. The number of benzene rings is 1. The van der Waals surface area contributed by atoms with E-state index in [1.165, 1.54) is 0 Å². The highest BCUT2D eigenvalue weighted by Crippen LogP contribution is 2.11. The first-order valence-corrected chi connectivity index (χ1v) is 7.27. The van der Waals surface area contributed by atoms with Crippen LogP contribution in [0.3, 0.4) is 0 Å². The molecule has 5 heteroatoms. The van der Waals surface area contributed by atoms with Crippen LogP contribution in [0.2, 0.25) is 0 Å². The lowest BCUT2D eigenvalue weighted by atomic mass is 10.2. The van der Waals surface area contributed by atoms with Crippen molar-refractivity contribution < 1.29 is 9.53 Å². The lowest BCUT2D eigenvalue weighted by Crippen LogP contribution is -2.57. The molecule has 0 amide bonds. The number of anilines is 1. The summed E-state index contributed by atoms with van der Waals surface area (Å²) in [5.41, 5.74) is 4.28. The van der Waals surface area contributed by atoms with Gasteiger partial charge in [-0.05, 0) is 18.6 Å². The molecular formula is C15H23N3O2. The summed E-state index contributed by atoms with van der Waals surface area (Å²) in [4.78, 5) is 12.1. The maximum absolute atomic E-state index is 12.1. The normalized spacial score (nSPS) is 19.6. The van der Waals surface area contributed by atoms with E-state index in [0.717, 1.165) is 31.6 Å². The van der Waals surface area contributed by atoms with Gasteiger partial charge in [0.1, 0.15) is 6.04 Å². The number of carbonyl (C=O) groups excluding carboxylic acids is 1. The summed E-state index contributed by atoms with van der Waals surface area (Å²) in [6, 6.07) is 9.61. The quantitative estimate of drug-likeness (QED) is 0.611. The minimum atomic E-state index is -0.277. The Balaban J connectivity index is 1.92. The molecule has 1 aliphatic heterocycles. The van der Waals surface area contributed by atoms with E-state index in [0.29, 0.717) is 13.2 Å². The van der Waals surface area contributed by atoms with Gasteiger partial charge in [-0.3, -0.25) is 4.79 Å². The second kappa shape index (κ2) is 7.87. The van der Waals surface area contributed by atoms with Crippen LogP contribution in [-0.2, 0) is 9.53 Å². The molecule has 0 aliphatic carbocycles. The number of carbonyl (C=O) groups is 1. The summed E-state index contributed by atoms with van der Waals surface area (Å²) in [6.45, 7) is 4.83. The van der Waals surface area contributed by atoms with Gasteiger partial charge < -0.3 is 15.5 Å². The number of hydrogen-bond donors (Lipinski definition) is 2. The van der Waals surface area contributed by atoms with E-state index < -0.39 is 0 Å². The van der Waals surface area contributed by atoms with E-state index in [1.54, 1.807) is 0 Å². The van der Waals surface area contributed by atoms with Gasteiger partial charge in [-0.25, -0.2) is 5.01 Å². The summed E-state index contributed by atoms with van der Waals surface area (Å²) < 4.78 is 5.33. The molecule has 1 atom stereocenters. The van der Waals surface area contributed by atoms with Crippen LogP contribution in [-0.4, -0.2) is 43.3 Å². The van der Waals surface area contributed by atoms with Crippen molar-refractivity contribution in [1.82, 2.24) is 10.3 Å². The Hall–Kier alpha value is -1.59. The first-order valence-electron chi connectivity index (χ1n) is 7.27. The Morgan fingerprint density at radius 1 is 1.45 bits per heavy atom. The highest BCUT2D eigenvalue weighted by Gasteiger charge is 2.30. The van der Waals surface area contributed by atoms with Gasteiger partial charge in [0.05, 0.1) is 6.61 Å². The molecule has 1 unspecified atom stereocenters. The number of hydrogen-bond acceptors (Lipinski definition) is 5. The topological polar surface area (TPSA) is 53.6 Å². The third kappa shape index (κ3) is 4.21. The van der Waals surface area contributed by atoms with Gasteiger partial charge in [-0.1, -0.05) is 31.5 Å². The number of esters is 1. The zero-order chi connectivity index (χ0) is 14.2. The zero-order valence-electron chi connectivity index (χ0n) is 12.0. The van der Waals surface area contributed by atoms with E-state index in [-0.39, 0.29) is 12.0 Å². The van der Waals surface area contributed by atoms with Crippen LogP contribution in [0.4, 0.5) is 5.69 Å². The van der Waals surface area contributed by atoms with Gasteiger partial charge in [-0.15, -0.1) is 0 Å². The molecule has 0 radical (unpaired) electrons. The van der Waals surface area contributed by atoms with Crippen LogP contribution in [0.25, 0.3) is 0 Å². The van der Waals surface area contributed by atoms with Gasteiger partial charge in [0.25, 0.3) is 0 Å². The van der Waals surface area contributed by atoms with Gasteiger partial charge in [-0.2, -0.15) is 0 Å². The largest absolute Gasteiger partial charge is 0.464 e. The first-order chi connectivity index (χ1) is 9.81. The summed E-state index contributed by atoms with van der Waals surface area (Å²) in [7, 11) is 0. The molecule has 0 aromatic heterocycles. The van der Waals surface area contributed by atoms with Gasteiger partial charge in [0.15, 0.2) is 0 Å². The van der Waals surface area contributed by atoms with Crippen molar-refractivity contribution in [2.24, 2.45) is 0 Å². The van der Waals surface area contributed by atoms with Crippen LogP contribution in [0.15, 0.2) is 30.3 Å². The van der Waals surface area contributed by atoms with Gasteiger partial charge in [0, 0.05) is 25.3 Å². The predicted molar refractivity (Wildman–Crippen MR) is 79.3 cm³/mol. The fraction of sp³-hybridized carbons (Fsp3) is 0.533. The molecule has 1 aliphatic rings. The maximum Gasteiger partial charge on any atom is 0.326 e. The average molecular weight is 277 g/mol. The van der Waals surface area contributed by atoms with E-state index >= 15 is 0 Å². The van der Waals surface area contributed by atoms with Crippen LogP contribution in [0, 0.1) is 0 Å². The van der Waals surface area contributed by atoms with Crippen LogP contribution in [0.5, 0.6) is 0 Å². The van der Waals surface area contributed by atoms with E-state index in [9.17, 15) is 4.79 Å². The molecule has 1 heterocycles. The molecule has 110 valence electrons. The van der Waals surface area contributed by atoms with Crippen molar-refractivity contribution in [2.75, 3.05) is 31.7 Å². The van der Waals surface area contributed by atoms with Crippen molar-refractivity contribution in [3.63, 3.8) is 0 Å². The van der Waals surface area contributed by atoms with Crippen LogP contribution >= 0.6 is 0 Å². The highest BCUT2D eigenvalue weighted by molar-refractivity contribution is 5.76. The van der Waals surface area contributed by atoms with E-state index in [4.69, 9.17) is 4.74 Å². The number of hydrazine groups is 1. The predicted octanol–water partition coefficient (Wildman–Crippen LogP) is 1.63. The third-order valence-electron chi connectivity index (χ3n) is 3.30. The van der Waals surface area contributed by atoms with Crippen molar-refractivity contribution in [3.05, 3.63) is 30.3 Å². The molecule has 1 fully saturated rings. The van der Waals surface area contributed by atoms with Crippen LogP contribution < -0.4 is 10.7 Å². The summed E-state index contributed by atoms with van der Waals surface area (Å²) >= 11 is 0. The molecule has 5 nitrogen and oxygen atoms in total. The molecule has 2 N–H and O–H groups in total. The van der Waals surface area contributed by atoms with Crippen molar-refractivity contribution >= 4 is 11.7 Å². The van der Waals surface area contributed by atoms with Gasteiger partial charge >= 0.3 is 5.97 Å². The average Bonchev–Trinajstić information content (AvgIpc) is 2.49. The van der Waals surface area contributed by atoms with Crippen molar-refractivity contribution in [1.29, 1.82) is 0 Å². The molecule has 1 aromatic carbocycles. The Bertz CT molecular complexity index is 411. The number of ether oxygens (including phenoxy) is 1. The number of piperazine rings is 1. The fourth-order valence-electron chi connectivity index (χ4n) is 2.14. The smallest absolute Gasteiger partial charge is 0.326 e. The van der Waals surface area contributed by atoms with Crippen molar-refractivity contribution in [3.8, 4) is 0 Å². The molecule has 2 rings (SSSR count). The molecule has 20 heavy (non-hydrogen) atoms. The third-order valence-corrected chi connectivity index (χ3v) is 3.30. The summed E-state index contributed by atoms with van der Waals surface area (Å²) in [5.74, 6) is -0.158. The minimum Gasteiger partial charge on any atom is -0.464 e. The van der Waals surface area contributed by atoms with Gasteiger partial charge in [0.2, 0.25) is 0 Å². The lowest BCUT2D eigenvalue weighted by Gasteiger charge is -2.35. The highest BCUT2D eigenvalue weighted by atomic mass is 16.5. The number of rotatable bonds is 6. The maximum atomic E-state index is 12.1. The zero-order valence-corrected chi connectivity index (χ0v) is 12.0. The molecule has 0 bridgehead atoms. The standard InChI is InChI=1S/C15H23N3O2/c1-2-3-11-20-15(19)14-12-16-9-10-18(14)17-13-7-5-4-6-8-13/h4-8,14,16-17H,2-3,9-12H2,1H3. The van der Waals surface area contributed by atoms with Crippen LogP contribution in [0.1, 0.15) is 19.8 Å². The Kier molecular flexibility index (Phi) is 5.83. The molecule has 0 saturated carbocycles. The minimum absolute atomic E-state index is 0.158. The number of unbranched alkanes of at least 4 members (excludes halogenated alkanes) is 1. The fourth-order valence-corrected chi connectivity index (χ4v) is 2.14. The Morgan fingerprint density at radius 3 is 3.00 bits per heavy atom. The van der Waals surface area contributed by atoms with E-state index in [2.05, 4.69) is 17.7 Å². The molecule has 0 spiro atoms. The Morgan fingerprint density at radius 2 is 2.25 bits per heavy atom. The number of nitrogens with zero attached hydrogens (tertiary/aromatic N) is 1. The molecule has 1 aromatic rings. The monoisotopic (exact) mass is 277 g/mol. The number of nitrogens with one attached hydrogen (secondary N) is 2. The van der Waals surface area contributed by atoms with Crippen molar-refractivity contribution in [2.45, 2.75) is 25.8 Å². The SMILES string of the molecule is CCCCOC(=O)C1CNCCN1Nc1ccccc1. The Labute approximate surface area is 120 Å². The lowest BCUT2D eigenvalue weighted by molar-refractivity contribution is -0.150. The summed E-state index contributed by atoms with van der Waals surface area (Å²) in [6.07, 6.45) is 1.94. The van der Waals surface area contributed by atoms with E-state index in [1.807, 2.05) is 35.3 Å². The second-order valence-electron chi connectivity index (χ2n) is 4.91. The molecular weight excluding hydrogens is 254 g/mol. The number of para-hydroxylation sites is 1.